The number of likely N-dealkylation sites (N-methyl/N-ethyl adjacent to an activating group) is 1. The predicted molar refractivity (Wildman–Crippen MR) is 126 cm³/mol. The van der Waals surface area contributed by atoms with E-state index in [1.54, 1.807) is 37.4 Å². The van der Waals surface area contributed by atoms with Crippen molar-refractivity contribution < 1.29 is 23.4 Å². The Hall–Kier alpha value is -1.39. The van der Waals surface area contributed by atoms with Crippen LogP contribution in [0.3, 0.4) is 0 Å². The molecule has 3 rings (SSSR count). The molecule has 1 saturated heterocycles. The van der Waals surface area contributed by atoms with E-state index in [9.17, 15) is 13.5 Å². The van der Waals surface area contributed by atoms with Crippen LogP contribution in [-0.2, 0) is 15.8 Å². The lowest BCUT2D eigenvalue weighted by Crippen LogP contribution is -2.39. The van der Waals surface area contributed by atoms with Gasteiger partial charge in [0.25, 0.3) is 0 Å². The SMILES string of the molecule is CN(C(CN1CCC(O)C1)c1ccc(OCCO)cc1)S(=O)(=O)Cc1ccc(Cl)c(Cl)c1. The maximum absolute atomic E-state index is 13.3. The summed E-state index contributed by atoms with van der Waals surface area (Å²) in [6.45, 7) is 1.76. The molecule has 10 heteroatoms. The third-order valence-corrected chi connectivity index (χ3v) is 8.08. The summed E-state index contributed by atoms with van der Waals surface area (Å²) in [5.41, 5.74) is 1.36. The van der Waals surface area contributed by atoms with E-state index < -0.39 is 22.2 Å². The summed E-state index contributed by atoms with van der Waals surface area (Å²) in [5, 5.41) is 19.5. The highest BCUT2D eigenvalue weighted by Crippen LogP contribution is 2.29. The molecular formula is C22H28Cl2N2O5S. The van der Waals surface area contributed by atoms with Gasteiger partial charge in [0.2, 0.25) is 10.0 Å². The molecule has 2 unspecified atom stereocenters. The standard InChI is InChI=1S/C22H28Cl2N2O5S/c1-25(32(29,30)15-16-2-7-20(23)21(24)12-16)22(14-26-9-8-18(28)13-26)17-3-5-19(6-4-17)31-11-10-27/h2-7,12,18,22,27-28H,8-11,13-15H2,1H3. The molecule has 7 nitrogen and oxygen atoms in total. The van der Waals surface area contributed by atoms with Crippen LogP contribution in [0.1, 0.15) is 23.6 Å². The molecule has 1 fully saturated rings. The number of sulfonamides is 1. The summed E-state index contributed by atoms with van der Waals surface area (Å²) in [4.78, 5) is 2.07. The highest BCUT2D eigenvalue weighted by molar-refractivity contribution is 7.88. The number of aliphatic hydroxyl groups is 2. The zero-order chi connectivity index (χ0) is 23.3. The molecule has 2 aromatic rings. The van der Waals surface area contributed by atoms with Gasteiger partial charge in [0, 0.05) is 26.7 Å². The summed E-state index contributed by atoms with van der Waals surface area (Å²) in [7, 11) is -2.12. The lowest BCUT2D eigenvalue weighted by molar-refractivity contribution is 0.167. The number of nitrogens with zero attached hydrogens (tertiary/aromatic N) is 2. The van der Waals surface area contributed by atoms with Crippen molar-refractivity contribution in [2.75, 3.05) is 39.9 Å². The maximum atomic E-state index is 13.3. The fourth-order valence-electron chi connectivity index (χ4n) is 3.74. The number of hydrogen-bond donors (Lipinski definition) is 2. The first-order valence-corrected chi connectivity index (χ1v) is 12.7. The predicted octanol–water partition coefficient (Wildman–Crippen LogP) is 2.93. The zero-order valence-corrected chi connectivity index (χ0v) is 20.2. The molecule has 176 valence electrons. The van der Waals surface area contributed by atoms with Gasteiger partial charge in [-0.2, -0.15) is 4.31 Å². The molecule has 0 aliphatic carbocycles. The minimum Gasteiger partial charge on any atom is -0.491 e. The number of hydrogen-bond acceptors (Lipinski definition) is 6. The lowest BCUT2D eigenvalue weighted by Gasteiger charge is -2.31. The minimum atomic E-state index is -3.69. The molecule has 0 aromatic heterocycles. The van der Waals surface area contributed by atoms with Gasteiger partial charge in [0.05, 0.1) is 34.6 Å². The Morgan fingerprint density at radius 1 is 1.19 bits per heavy atom. The van der Waals surface area contributed by atoms with Crippen molar-refractivity contribution in [2.24, 2.45) is 0 Å². The van der Waals surface area contributed by atoms with E-state index in [0.29, 0.717) is 47.4 Å². The quantitative estimate of drug-likeness (QED) is 0.518. The molecule has 1 aliphatic rings. The second-order valence-corrected chi connectivity index (χ2v) is 10.7. The van der Waals surface area contributed by atoms with Crippen LogP contribution >= 0.6 is 23.2 Å². The largest absolute Gasteiger partial charge is 0.491 e. The van der Waals surface area contributed by atoms with Gasteiger partial charge in [-0.15, -0.1) is 0 Å². The number of rotatable bonds is 10. The van der Waals surface area contributed by atoms with Crippen molar-refractivity contribution in [1.29, 1.82) is 0 Å². The van der Waals surface area contributed by atoms with Gasteiger partial charge in [0.15, 0.2) is 0 Å². The number of aliphatic hydroxyl groups excluding tert-OH is 2. The second-order valence-electron chi connectivity index (χ2n) is 7.88. The van der Waals surface area contributed by atoms with Gasteiger partial charge in [-0.3, -0.25) is 4.90 Å². The molecule has 0 spiro atoms. The van der Waals surface area contributed by atoms with Crippen LogP contribution in [0.25, 0.3) is 0 Å². The fraction of sp³-hybridized carbons (Fsp3) is 0.455. The van der Waals surface area contributed by atoms with E-state index in [0.717, 1.165) is 5.56 Å². The molecule has 2 atom stereocenters. The maximum Gasteiger partial charge on any atom is 0.218 e. The van der Waals surface area contributed by atoms with Gasteiger partial charge < -0.3 is 14.9 Å². The molecule has 0 radical (unpaired) electrons. The fourth-order valence-corrected chi connectivity index (χ4v) is 5.44. The van der Waals surface area contributed by atoms with E-state index in [1.165, 1.54) is 4.31 Å². The van der Waals surface area contributed by atoms with Gasteiger partial charge >= 0.3 is 0 Å². The third kappa shape index (κ3) is 6.57. The Kier molecular flexibility index (Phi) is 8.80. The monoisotopic (exact) mass is 502 g/mol. The van der Waals surface area contributed by atoms with Crippen LogP contribution in [0.15, 0.2) is 42.5 Å². The first-order valence-electron chi connectivity index (χ1n) is 10.3. The summed E-state index contributed by atoms with van der Waals surface area (Å²) >= 11 is 12.0. The number of ether oxygens (including phenoxy) is 1. The first kappa shape index (κ1) is 25.2. The van der Waals surface area contributed by atoms with Gasteiger partial charge in [-0.05, 0) is 41.8 Å². The molecule has 1 aliphatic heterocycles. The van der Waals surface area contributed by atoms with Crippen molar-refractivity contribution in [3.8, 4) is 5.75 Å². The normalized spacial score (nSPS) is 18.2. The van der Waals surface area contributed by atoms with Crippen LogP contribution in [0, 0.1) is 0 Å². The van der Waals surface area contributed by atoms with Crippen molar-refractivity contribution in [2.45, 2.75) is 24.3 Å². The number of benzene rings is 2. The number of halogens is 2. The molecule has 2 aromatic carbocycles. The smallest absolute Gasteiger partial charge is 0.218 e. The number of β-amino-alcohol motifs (C(OH)–C–C–N with tert-alkyl or cyclic N) is 1. The average Bonchev–Trinajstić information content (AvgIpc) is 3.17. The second kappa shape index (κ2) is 11.2. The molecule has 0 amide bonds. The number of likely N-dealkylation sites (tertiary alicyclic amines) is 1. The van der Waals surface area contributed by atoms with Crippen LogP contribution in [0.5, 0.6) is 5.75 Å². The minimum absolute atomic E-state index is 0.0860. The van der Waals surface area contributed by atoms with Crippen molar-refractivity contribution in [3.63, 3.8) is 0 Å². The van der Waals surface area contributed by atoms with Gasteiger partial charge in [0.1, 0.15) is 12.4 Å². The van der Waals surface area contributed by atoms with Crippen LogP contribution in [0.2, 0.25) is 10.0 Å². The highest BCUT2D eigenvalue weighted by Gasteiger charge is 2.31. The van der Waals surface area contributed by atoms with Crippen LogP contribution in [0.4, 0.5) is 0 Å². The Balaban J connectivity index is 1.84. The highest BCUT2D eigenvalue weighted by atomic mass is 35.5. The zero-order valence-electron chi connectivity index (χ0n) is 17.8. The topological polar surface area (TPSA) is 90.3 Å². The van der Waals surface area contributed by atoms with Crippen LogP contribution in [-0.4, -0.2) is 73.8 Å². The van der Waals surface area contributed by atoms with E-state index in [2.05, 4.69) is 4.90 Å². The molecule has 2 N–H and O–H groups in total. The summed E-state index contributed by atoms with van der Waals surface area (Å²) in [6, 6.07) is 11.5. The summed E-state index contributed by atoms with van der Waals surface area (Å²) < 4.78 is 33.4. The van der Waals surface area contributed by atoms with Gasteiger partial charge in [-0.25, -0.2) is 8.42 Å². The third-order valence-electron chi connectivity index (χ3n) is 5.51. The lowest BCUT2D eigenvalue weighted by atomic mass is 10.1. The summed E-state index contributed by atoms with van der Waals surface area (Å²) in [5.74, 6) is 0.386. The first-order chi connectivity index (χ1) is 15.2. The van der Waals surface area contributed by atoms with E-state index in [1.807, 2.05) is 12.1 Å². The van der Waals surface area contributed by atoms with Crippen molar-refractivity contribution in [1.82, 2.24) is 9.21 Å². The summed E-state index contributed by atoms with van der Waals surface area (Å²) in [6.07, 6.45) is 0.267. The van der Waals surface area contributed by atoms with Crippen molar-refractivity contribution >= 4 is 33.2 Å². The average molecular weight is 503 g/mol. The van der Waals surface area contributed by atoms with Crippen molar-refractivity contribution in [3.05, 3.63) is 63.6 Å². The Morgan fingerprint density at radius 2 is 1.91 bits per heavy atom. The van der Waals surface area contributed by atoms with Crippen LogP contribution < -0.4 is 4.74 Å². The molecule has 0 saturated carbocycles. The van der Waals surface area contributed by atoms with E-state index in [4.69, 9.17) is 33.0 Å². The molecule has 0 bridgehead atoms. The Morgan fingerprint density at radius 3 is 2.50 bits per heavy atom. The van der Waals surface area contributed by atoms with E-state index in [-0.39, 0.29) is 19.0 Å². The molecule has 1 heterocycles. The molecule has 32 heavy (non-hydrogen) atoms. The van der Waals surface area contributed by atoms with E-state index >= 15 is 0 Å². The Labute approximate surface area is 199 Å². The molecular weight excluding hydrogens is 475 g/mol. The van der Waals surface area contributed by atoms with Gasteiger partial charge in [-0.1, -0.05) is 41.4 Å². The Bertz CT molecular complexity index is 1000.